The summed E-state index contributed by atoms with van der Waals surface area (Å²) in [6.07, 6.45) is 19.2. The summed E-state index contributed by atoms with van der Waals surface area (Å²) in [6.45, 7) is 7.00. The highest BCUT2D eigenvalue weighted by Crippen LogP contribution is 2.25. The summed E-state index contributed by atoms with van der Waals surface area (Å²) in [5, 5.41) is 16.8. The summed E-state index contributed by atoms with van der Waals surface area (Å²) in [4.78, 5) is 10.9. The van der Waals surface area contributed by atoms with Crippen LogP contribution in [0.5, 0.6) is 0 Å². The van der Waals surface area contributed by atoms with E-state index in [2.05, 4.69) is 32.5 Å². The van der Waals surface area contributed by atoms with Crippen LogP contribution in [0, 0.1) is 0 Å². The maximum atomic E-state index is 11.0. The summed E-state index contributed by atoms with van der Waals surface area (Å²) in [7, 11) is -1.87. The molecule has 0 fully saturated rings. The maximum Gasteiger partial charge on any atom is 0.345 e. The monoisotopic (exact) mass is 524 g/mol. The average molecular weight is 525 g/mol. The van der Waals surface area contributed by atoms with Crippen LogP contribution < -0.4 is 0 Å². The van der Waals surface area contributed by atoms with Crippen molar-refractivity contribution in [2.75, 3.05) is 25.6 Å². The SMILES string of the molecule is CCCCCCCCCCCSC(CCCCCC)C(C)OCCCOCC(O)([PH2]=O)C(=O)O. The van der Waals surface area contributed by atoms with Gasteiger partial charge in [-0.2, -0.15) is 11.8 Å². The summed E-state index contributed by atoms with van der Waals surface area (Å²) >= 11 is 2.05. The third kappa shape index (κ3) is 18.2. The maximum absolute atomic E-state index is 11.0. The number of unbranched alkanes of at least 4 members (excludes halogenated alkanes) is 11. The second-order valence-corrected chi connectivity index (χ2v) is 12.0. The molecular formula is C26H53O6PS. The van der Waals surface area contributed by atoms with Gasteiger partial charge in [-0.05, 0) is 31.9 Å². The summed E-state index contributed by atoms with van der Waals surface area (Å²) in [6, 6.07) is 0. The van der Waals surface area contributed by atoms with Crippen LogP contribution in [0.15, 0.2) is 0 Å². The molecule has 4 atom stereocenters. The van der Waals surface area contributed by atoms with Gasteiger partial charge in [-0.25, -0.2) is 4.79 Å². The molecule has 0 amide bonds. The van der Waals surface area contributed by atoms with Gasteiger partial charge in [-0.3, -0.25) is 0 Å². The van der Waals surface area contributed by atoms with Crippen molar-refractivity contribution < 1.29 is 29.0 Å². The van der Waals surface area contributed by atoms with E-state index >= 15 is 0 Å². The minimum atomic E-state index is -2.26. The van der Waals surface area contributed by atoms with E-state index < -0.39 is 26.4 Å². The highest BCUT2D eigenvalue weighted by molar-refractivity contribution is 7.99. The van der Waals surface area contributed by atoms with Gasteiger partial charge in [0.1, 0.15) is 8.46 Å². The van der Waals surface area contributed by atoms with Crippen LogP contribution >= 0.6 is 20.2 Å². The largest absolute Gasteiger partial charge is 0.479 e. The zero-order valence-electron chi connectivity index (χ0n) is 22.1. The van der Waals surface area contributed by atoms with Crippen molar-refractivity contribution >= 4 is 26.2 Å². The molecule has 0 radical (unpaired) electrons. The number of hydrogen-bond acceptors (Lipinski definition) is 6. The van der Waals surface area contributed by atoms with E-state index in [0.717, 1.165) is 0 Å². The van der Waals surface area contributed by atoms with Gasteiger partial charge in [0, 0.05) is 18.5 Å². The number of carbonyl (C=O) groups is 1. The summed E-state index contributed by atoms with van der Waals surface area (Å²) in [5.41, 5.74) is 0. The molecule has 6 nitrogen and oxygen atoms in total. The van der Waals surface area contributed by atoms with Gasteiger partial charge < -0.3 is 24.3 Å². The van der Waals surface area contributed by atoms with Crippen LogP contribution in [-0.2, 0) is 18.8 Å². The molecule has 8 heteroatoms. The van der Waals surface area contributed by atoms with Crippen LogP contribution in [0.4, 0.5) is 0 Å². The molecule has 0 spiro atoms. The van der Waals surface area contributed by atoms with E-state index in [1.165, 1.54) is 95.6 Å². The van der Waals surface area contributed by atoms with Crippen LogP contribution in [0.2, 0.25) is 0 Å². The number of hydrogen-bond donors (Lipinski definition) is 2. The smallest absolute Gasteiger partial charge is 0.345 e. The molecule has 4 unspecified atom stereocenters. The van der Waals surface area contributed by atoms with E-state index in [9.17, 15) is 14.5 Å². The van der Waals surface area contributed by atoms with Gasteiger partial charge in [0.05, 0.1) is 12.7 Å². The molecular weight excluding hydrogens is 471 g/mol. The lowest BCUT2D eigenvalue weighted by molar-refractivity contribution is -0.154. The van der Waals surface area contributed by atoms with E-state index in [1.807, 2.05) is 0 Å². The molecule has 0 saturated heterocycles. The van der Waals surface area contributed by atoms with Crippen molar-refractivity contribution in [1.29, 1.82) is 0 Å². The van der Waals surface area contributed by atoms with E-state index in [-0.39, 0.29) is 12.7 Å². The first kappa shape index (κ1) is 33.9. The van der Waals surface area contributed by atoms with Crippen LogP contribution in [0.1, 0.15) is 117 Å². The number of ether oxygens (including phenoxy) is 2. The Morgan fingerprint density at radius 2 is 1.44 bits per heavy atom. The first-order chi connectivity index (χ1) is 16.4. The van der Waals surface area contributed by atoms with Gasteiger partial charge in [0.2, 0.25) is 5.34 Å². The lowest BCUT2D eigenvalue weighted by Crippen LogP contribution is -2.37. The third-order valence-corrected chi connectivity index (χ3v) is 8.52. The lowest BCUT2D eigenvalue weighted by Gasteiger charge is -2.24. The Morgan fingerprint density at radius 3 is 2.00 bits per heavy atom. The fourth-order valence-corrected chi connectivity index (χ4v) is 5.43. The van der Waals surface area contributed by atoms with Crippen molar-refractivity contribution in [3.63, 3.8) is 0 Å². The van der Waals surface area contributed by atoms with E-state index in [1.54, 1.807) is 0 Å². The first-order valence-electron chi connectivity index (χ1n) is 13.6. The molecule has 0 aliphatic heterocycles. The van der Waals surface area contributed by atoms with Crippen molar-refractivity contribution in [3.05, 3.63) is 0 Å². The number of rotatable bonds is 26. The number of carboxylic acids is 1. The quantitative estimate of drug-likeness (QED) is 0.0936. The predicted octanol–water partition coefficient (Wildman–Crippen LogP) is 6.93. The van der Waals surface area contributed by atoms with Gasteiger partial charge in [-0.15, -0.1) is 0 Å². The number of thioether (sulfide) groups is 1. The minimum Gasteiger partial charge on any atom is -0.479 e. The average Bonchev–Trinajstić information content (AvgIpc) is 2.83. The zero-order valence-corrected chi connectivity index (χ0v) is 24.1. The Morgan fingerprint density at radius 1 is 0.882 bits per heavy atom. The molecule has 0 aliphatic carbocycles. The zero-order chi connectivity index (χ0) is 25.5. The summed E-state index contributed by atoms with van der Waals surface area (Å²) in [5.74, 6) is -0.312. The van der Waals surface area contributed by atoms with Gasteiger partial charge in [0.25, 0.3) is 0 Å². The molecule has 2 N–H and O–H groups in total. The fraction of sp³-hybridized carbons (Fsp3) is 0.962. The van der Waals surface area contributed by atoms with E-state index in [0.29, 0.717) is 18.3 Å². The Bertz CT molecular complexity index is 496. The van der Waals surface area contributed by atoms with E-state index in [4.69, 9.17) is 14.6 Å². The normalized spacial score (nSPS) is 15.5. The highest BCUT2D eigenvalue weighted by atomic mass is 32.2. The lowest BCUT2D eigenvalue weighted by atomic mass is 10.1. The Hall–Kier alpha value is -0.0700. The molecule has 0 heterocycles. The van der Waals surface area contributed by atoms with Gasteiger partial charge in [-0.1, -0.05) is 90.9 Å². The molecule has 0 rings (SSSR count). The highest BCUT2D eigenvalue weighted by Gasteiger charge is 2.35. The number of carboxylic acid groups (broad SMARTS) is 1. The molecule has 34 heavy (non-hydrogen) atoms. The Kier molecular flexibility index (Phi) is 23.3. The van der Waals surface area contributed by atoms with Crippen LogP contribution in [0.3, 0.4) is 0 Å². The van der Waals surface area contributed by atoms with Crippen molar-refractivity contribution in [1.82, 2.24) is 0 Å². The third-order valence-electron chi connectivity index (χ3n) is 6.15. The second kappa shape index (κ2) is 23.3. The van der Waals surface area contributed by atoms with Crippen molar-refractivity contribution in [2.45, 2.75) is 134 Å². The standard InChI is InChI=1S/C26H53O6PS/c1-4-6-8-10-11-12-13-14-16-21-34-24(18-15-9-7-5-2)23(3)32-20-17-19-31-22-26(29,33-30)25(27)28/h23-24,29H,4-22,33H2,1-3H3,(H,27,28). The van der Waals surface area contributed by atoms with Gasteiger partial charge >= 0.3 is 5.97 Å². The molecule has 0 bridgehead atoms. The predicted molar refractivity (Wildman–Crippen MR) is 146 cm³/mol. The first-order valence-corrected chi connectivity index (χ1v) is 15.7. The molecule has 0 aliphatic rings. The second-order valence-electron chi connectivity index (χ2n) is 9.42. The topological polar surface area (TPSA) is 93.1 Å². The summed E-state index contributed by atoms with van der Waals surface area (Å²) < 4.78 is 22.3. The molecule has 0 aromatic rings. The van der Waals surface area contributed by atoms with Crippen LogP contribution in [-0.4, -0.2) is 58.5 Å². The molecule has 0 saturated carbocycles. The Labute approximate surface area is 214 Å². The van der Waals surface area contributed by atoms with Gasteiger partial charge in [0.15, 0.2) is 0 Å². The number of aliphatic hydroxyl groups is 1. The minimum absolute atomic E-state index is 0.159. The van der Waals surface area contributed by atoms with Crippen molar-refractivity contribution in [2.24, 2.45) is 0 Å². The number of aliphatic carboxylic acids is 1. The Balaban J connectivity index is 4.11. The van der Waals surface area contributed by atoms with Crippen molar-refractivity contribution in [3.8, 4) is 0 Å². The molecule has 0 aromatic heterocycles. The fourth-order valence-electron chi connectivity index (χ4n) is 3.78. The molecule has 0 aromatic carbocycles. The molecule has 204 valence electrons. The van der Waals surface area contributed by atoms with Crippen LogP contribution in [0.25, 0.3) is 0 Å².